The van der Waals surface area contributed by atoms with Gasteiger partial charge in [-0.15, -0.1) is 22.7 Å². The van der Waals surface area contributed by atoms with Crippen molar-refractivity contribution in [2.75, 3.05) is 57.6 Å². The Morgan fingerprint density at radius 3 is 1.52 bits per heavy atom. The molecule has 2 aromatic heterocycles. The molecule has 2 N–H and O–H groups in total. The van der Waals surface area contributed by atoms with E-state index in [0.717, 1.165) is 54.4 Å². The average Bonchev–Trinajstić information content (AvgIpc) is 3.58. The van der Waals surface area contributed by atoms with Crippen LogP contribution in [0.3, 0.4) is 0 Å². The Kier molecular flexibility index (Phi) is 16.5. The molecule has 0 saturated heterocycles. The van der Waals surface area contributed by atoms with Crippen LogP contribution in [0.25, 0.3) is 0 Å². The summed E-state index contributed by atoms with van der Waals surface area (Å²) in [6.45, 7) is 14.4. The number of halogens is 2. The highest BCUT2D eigenvalue weighted by atomic mass is 79.9. The van der Waals surface area contributed by atoms with Gasteiger partial charge in [-0.2, -0.15) is 0 Å². The maximum Gasteiger partial charge on any atom is 0.338 e. The maximum atomic E-state index is 13.1. The van der Waals surface area contributed by atoms with Gasteiger partial charge in [0.15, 0.2) is 5.78 Å². The summed E-state index contributed by atoms with van der Waals surface area (Å²) in [5.74, 6) is -0.957. The van der Waals surface area contributed by atoms with Gasteiger partial charge in [0.1, 0.15) is 0 Å². The topological polar surface area (TPSA) is 96.4 Å². The molecule has 2 heterocycles. The van der Waals surface area contributed by atoms with E-state index < -0.39 is 5.97 Å². The summed E-state index contributed by atoms with van der Waals surface area (Å²) in [5, 5.41) is 14.7. The first-order chi connectivity index (χ1) is 25.5. The molecule has 54 heavy (non-hydrogen) atoms. The van der Waals surface area contributed by atoms with Crippen molar-refractivity contribution in [1.29, 1.82) is 0 Å². The second-order valence-electron chi connectivity index (χ2n) is 15.6. The van der Waals surface area contributed by atoms with Crippen molar-refractivity contribution in [3.8, 4) is 0 Å². The van der Waals surface area contributed by atoms with E-state index in [1.54, 1.807) is 28.7 Å². The highest BCUT2D eigenvalue weighted by Crippen LogP contribution is 2.43. The number of amides is 1. The summed E-state index contributed by atoms with van der Waals surface area (Å²) in [4.78, 5) is 46.5. The monoisotopic (exact) mass is 909 g/mol. The Morgan fingerprint density at radius 2 is 1.15 bits per heavy atom. The minimum absolute atomic E-state index is 0.0128. The largest absolute Gasteiger partial charge is 0.478 e. The molecule has 2 fully saturated rings. The van der Waals surface area contributed by atoms with Crippen molar-refractivity contribution in [1.82, 2.24) is 15.1 Å². The summed E-state index contributed by atoms with van der Waals surface area (Å²) in [5.41, 5.74) is 5.85. The Balaban J connectivity index is 0.000000258. The number of carbonyl (C=O) groups excluding carboxylic acids is 2. The van der Waals surface area contributed by atoms with E-state index in [0.29, 0.717) is 40.9 Å². The molecule has 3 aliphatic carbocycles. The lowest BCUT2D eigenvalue weighted by Crippen LogP contribution is -2.42. The van der Waals surface area contributed by atoms with E-state index in [1.165, 1.54) is 56.4 Å². The van der Waals surface area contributed by atoms with Crippen molar-refractivity contribution in [3.05, 3.63) is 52.6 Å². The smallest absolute Gasteiger partial charge is 0.338 e. The number of carboxylic acid groups (broad SMARTS) is 1. The second kappa shape index (κ2) is 19.9. The molecule has 5 rings (SSSR count). The number of allylic oxidation sites excluding steroid dienone is 3. The van der Waals surface area contributed by atoms with Gasteiger partial charge in [0.25, 0.3) is 5.91 Å². The first kappa shape index (κ1) is 44.7. The number of nitrogens with one attached hydrogen (secondary N) is 1. The first-order valence-electron chi connectivity index (χ1n) is 19.4. The van der Waals surface area contributed by atoms with Crippen LogP contribution in [0.15, 0.2) is 30.4 Å². The van der Waals surface area contributed by atoms with Gasteiger partial charge >= 0.3 is 5.97 Å². The van der Waals surface area contributed by atoms with Gasteiger partial charge in [0, 0.05) is 49.4 Å². The molecule has 13 heteroatoms. The molecule has 300 valence electrons. The van der Waals surface area contributed by atoms with Crippen molar-refractivity contribution in [2.45, 2.75) is 123 Å². The van der Waals surface area contributed by atoms with Gasteiger partial charge in [-0.1, -0.05) is 11.1 Å². The van der Waals surface area contributed by atoms with E-state index in [2.05, 4.69) is 98.8 Å². The van der Waals surface area contributed by atoms with Crippen LogP contribution in [0.5, 0.6) is 0 Å². The number of nitrogens with zero attached hydrogens (tertiary/aromatic N) is 4. The van der Waals surface area contributed by atoms with Crippen LogP contribution in [0.1, 0.15) is 117 Å². The van der Waals surface area contributed by atoms with Gasteiger partial charge in [0.2, 0.25) is 0 Å². The standard InChI is InChI=1S/C25H36BrN3O2S.C16H25BrN2O2S/c1-7-29(19-10-8-18(9-11-19)28(5)6)25-17(4)22(23(26)32-25)24(31)27-14-20-16(3)12-15(2)13-21(20)30;1-5-19(12-8-6-11(7-9-12)18(3)4)15-10(2)13(16(20)21)14(17)22-15/h13,18-19H,7-12,14H2,1-6H3,(H,27,31);11-12H,5-9H2,1-4H3,(H,20,21). The molecule has 9 nitrogen and oxygen atoms in total. The molecule has 0 aliphatic heterocycles. The number of anilines is 2. The van der Waals surface area contributed by atoms with Crippen LogP contribution in [0.4, 0.5) is 10.0 Å². The van der Waals surface area contributed by atoms with Crippen LogP contribution >= 0.6 is 54.5 Å². The third-order valence-corrected chi connectivity index (χ3v) is 15.6. The Bertz CT molecular complexity index is 1720. The molecule has 0 radical (unpaired) electrons. The predicted molar refractivity (Wildman–Crippen MR) is 234 cm³/mol. The zero-order chi connectivity index (χ0) is 40.0. The van der Waals surface area contributed by atoms with Gasteiger partial charge in [-0.3, -0.25) is 9.59 Å². The van der Waals surface area contributed by atoms with Gasteiger partial charge in [0.05, 0.1) is 28.7 Å². The third-order valence-electron chi connectivity index (χ3n) is 11.6. The molecule has 0 spiro atoms. The number of thiophene rings is 2. The number of hydrogen-bond donors (Lipinski definition) is 2. The molecule has 2 saturated carbocycles. The quantitative estimate of drug-likeness (QED) is 0.218. The van der Waals surface area contributed by atoms with Crippen LogP contribution in [0, 0.1) is 13.8 Å². The predicted octanol–water partition coefficient (Wildman–Crippen LogP) is 9.70. The Labute approximate surface area is 348 Å². The van der Waals surface area contributed by atoms with Gasteiger partial charge in [-0.25, -0.2) is 4.79 Å². The van der Waals surface area contributed by atoms with E-state index in [1.807, 2.05) is 27.7 Å². The highest BCUT2D eigenvalue weighted by Gasteiger charge is 2.32. The molecule has 0 unspecified atom stereocenters. The van der Waals surface area contributed by atoms with E-state index in [9.17, 15) is 19.5 Å². The number of carbonyl (C=O) groups is 3. The fourth-order valence-electron chi connectivity index (χ4n) is 8.49. The summed E-state index contributed by atoms with van der Waals surface area (Å²) < 4.78 is 1.59. The minimum atomic E-state index is -0.848. The lowest BCUT2D eigenvalue weighted by atomic mass is 9.89. The van der Waals surface area contributed by atoms with Crippen molar-refractivity contribution < 1.29 is 19.5 Å². The fourth-order valence-corrected chi connectivity index (χ4v) is 12.7. The zero-order valence-corrected chi connectivity index (χ0v) is 38.7. The van der Waals surface area contributed by atoms with Gasteiger partial charge < -0.3 is 30.0 Å². The Morgan fingerprint density at radius 1 is 0.741 bits per heavy atom. The molecule has 2 aromatic rings. The third kappa shape index (κ3) is 10.5. The maximum absolute atomic E-state index is 13.1. The molecule has 0 bridgehead atoms. The van der Waals surface area contributed by atoms with Crippen molar-refractivity contribution in [2.24, 2.45) is 0 Å². The normalized spacial score (nSPS) is 21.9. The second-order valence-corrected chi connectivity index (χ2v) is 20.2. The fraction of sp³-hybridized carbons (Fsp3) is 0.634. The van der Waals surface area contributed by atoms with Crippen molar-refractivity contribution >= 4 is 82.2 Å². The van der Waals surface area contributed by atoms with E-state index in [-0.39, 0.29) is 18.2 Å². The first-order valence-corrected chi connectivity index (χ1v) is 22.6. The SMILES string of the molecule is CCN(c1sc(Br)c(C(=O)NCC2=C(C)CC(C)=CC2=O)c1C)C1CCC(N(C)C)CC1.CCN(c1sc(Br)c(C(=O)O)c1C)C1CCC(N(C)C)CC1. The molecule has 1 amide bonds. The van der Waals surface area contributed by atoms with Crippen LogP contribution < -0.4 is 15.1 Å². The van der Waals surface area contributed by atoms with Crippen LogP contribution in [-0.4, -0.2) is 105 Å². The molecule has 0 atom stereocenters. The number of ketones is 1. The zero-order valence-electron chi connectivity index (χ0n) is 33.9. The summed E-state index contributed by atoms with van der Waals surface area (Å²) in [6, 6.07) is 2.38. The number of aromatic carboxylic acids is 1. The van der Waals surface area contributed by atoms with E-state index in [4.69, 9.17) is 0 Å². The number of hydrogen-bond acceptors (Lipinski definition) is 9. The van der Waals surface area contributed by atoms with Crippen LogP contribution in [-0.2, 0) is 4.79 Å². The number of carboxylic acids is 1. The molecule has 3 aliphatic rings. The molecular weight excluding hydrogens is 850 g/mol. The summed E-state index contributed by atoms with van der Waals surface area (Å²) in [7, 11) is 8.65. The Hall–Kier alpha value is -2.03. The highest BCUT2D eigenvalue weighted by molar-refractivity contribution is 9.11. The van der Waals surface area contributed by atoms with Gasteiger partial charge in [-0.05, 0) is 177 Å². The molecular formula is C41H61Br2N5O4S2. The lowest BCUT2D eigenvalue weighted by Gasteiger charge is -2.39. The average molecular weight is 912 g/mol. The summed E-state index contributed by atoms with van der Waals surface area (Å²) in [6.07, 6.45) is 12.0. The van der Waals surface area contributed by atoms with E-state index >= 15 is 0 Å². The van der Waals surface area contributed by atoms with Crippen molar-refractivity contribution in [3.63, 3.8) is 0 Å². The lowest BCUT2D eigenvalue weighted by molar-refractivity contribution is -0.111. The van der Waals surface area contributed by atoms with Crippen LogP contribution in [0.2, 0.25) is 0 Å². The molecule has 0 aromatic carbocycles. The minimum Gasteiger partial charge on any atom is -0.478 e. The number of rotatable bonds is 12. The summed E-state index contributed by atoms with van der Waals surface area (Å²) >= 11 is 10.3.